The van der Waals surface area contributed by atoms with Crippen LogP contribution in [0.4, 0.5) is 0 Å². The van der Waals surface area contributed by atoms with Crippen LogP contribution < -0.4 is 0 Å². The summed E-state index contributed by atoms with van der Waals surface area (Å²) in [4.78, 5) is 0.199. The quantitative estimate of drug-likeness (QED) is 0.902. The predicted molar refractivity (Wildman–Crippen MR) is 70.0 cm³/mol. The highest BCUT2D eigenvalue weighted by molar-refractivity contribution is 7.89. The number of aliphatic hydroxyl groups excluding tert-OH is 1. The maximum Gasteiger partial charge on any atom is 0.243 e. The second kappa shape index (κ2) is 5.17. The normalized spacial score (nSPS) is 16.2. The maximum atomic E-state index is 12.4. The molecule has 0 atom stereocenters. The largest absolute Gasteiger partial charge is 0.392 e. The van der Waals surface area contributed by atoms with Gasteiger partial charge in [-0.15, -0.1) is 0 Å². The van der Waals surface area contributed by atoms with E-state index in [1.807, 2.05) is 6.92 Å². The molecule has 1 aliphatic carbocycles. The Labute approximate surface area is 112 Å². The van der Waals surface area contributed by atoms with Gasteiger partial charge in [0.1, 0.15) is 0 Å². The van der Waals surface area contributed by atoms with Gasteiger partial charge in [0, 0.05) is 17.6 Å². The van der Waals surface area contributed by atoms with Gasteiger partial charge >= 0.3 is 0 Å². The van der Waals surface area contributed by atoms with Crippen LogP contribution in [-0.4, -0.2) is 30.4 Å². The Kier molecular flexibility index (Phi) is 3.96. The lowest BCUT2D eigenvalue weighted by Gasteiger charge is -2.20. The number of aliphatic hydroxyl groups is 1. The molecule has 18 heavy (non-hydrogen) atoms. The third kappa shape index (κ3) is 2.54. The molecule has 0 unspecified atom stereocenters. The average Bonchev–Trinajstić information content (AvgIpc) is 3.14. The van der Waals surface area contributed by atoms with Crippen molar-refractivity contribution in [2.24, 2.45) is 0 Å². The van der Waals surface area contributed by atoms with Crippen molar-refractivity contribution in [3.63, 3.8) is 0 Å². The van der Waals surface area contributed by atoms with Crippen molar-refractivity contribution in [1.29, 1.82) is 0 Å². The van der Waals surface area contributed by atoms with E-state index in [1.54, 1.807) is 0 Å². The first-order chi connectivity index (χ1) is 8.50. The summed E-state index contributed by atoms with van der Waals surface area (Å²) in [6, 6.07) is 4.58. The fraction of sp³-hybridized carbons (Fsp3) is 0.500. The molecule has 0 radical (unpaired) electrons. The number of nitrogens with zero attached hydrogens (tertiary/aromatic N) is 1. The third-order valence-electron chi connectivity index (χ3n) is 3.06. The molecule has 2 rings (SSSR count). The van der Waals surface area contributed by atoms with Gasteiger partial charge in [0.15, 0.2) is 0 Å². The molecule has 1 aromatic rings. The van der Waals surface area contributed by atoms with Crippen LogP contribution >= 0.6 is 11.6 Å². The molecular formula is C12H16ClNO3S. The van der Waals surface area contributed by atoms with E-state index in [2.05, 4.69) is 0 Å². The van der Waals surface area contributed by atoms with Crippen LogP contribution in [0.15, 0.2) is 23.1 Å². The van der Waals surface area contributed by atoms with E-state index >= 15 is 0 Å². The molecule has 6 heteroatoms. The van der Waals surface area contributed by atoms with Gasteiger partial charge < -0.3 is 5.11 Å². The fourth-order valence-corrected chi connectivity index (χ4v) is 3.88. The zero-order valence-electron chi connectivity index (χ0n) is 10.1. The highest BCUT2D eigenvalue weighted by atomic mass is 35.5. The predicted octanol–water partition coefficient (Wildman–Crippen LogP) is 2.01. The molecule has 1 fully saturated rings. The molecule has 0 saturated heterocycles. The van der Waals surface area contributed by atoms with E-state index in [0.717, 1.165) is 12.8 Å². The molecule has 0 spiro atoms. The number of benzene rings is 1. The second-order valence-electron chi connectivity index (χ2n) is 4.35. The standard InChI is InChI=1S/C12H16ClNO3S/c1-2-14(10-3-4-10)18(16,17)11-5-6-12(13)9(7-11)8-15/h5-7,10,15H,2-4,8H2,1H3. The third-order valence-corrected chi connectivity index (χ3v) is 5.45. The van der Waals surface area contributed by atoms with Gasteiger partial charge in [-0.05, 0) is 36.6 Å². The smallest absolute Gasteiger partial charge is 0.243 e. The van der Waals surface area contributed by atoms with Crippen molar-refractivity contribution in [3.8, 4) is 0 Å². The number of halogens is 1. The average molecular weight is 290 g/mol. The molecular weight excluding hydrogens is 274 g/mol. The molecule has 0 bridgehead atoms. The summed E-state index contributed by atoms with van der Waals surface area (Å²) >= 11 is 5.87. The first-order valence-corrected chi connectivity index (χ1v) is 7.73. The minimum absolute atomic E-state index is 0.133. The van der Waals surface area contributed by atoms with Gasteiger partial charge in [-0.1, -0.05) is 18.5 Å². The van der Waals surface area contributed by atoms with E-state index in [-0.39, 0.29) is 17.5 Å². The van der Waals surface area contributed by atoms with E-state index in [4.69, 9.17) is 16.7 Å². The Bertz CT molecular complexity index is 540. The number of hydrogen-bond donors (Lipinski definition) is 1. The van der Waals surface area contributed by atoms with Crippen LogP contribution in [0.1, 0.15) is 25.3 Å². The van der Waals surface area contributed by atoms with Crippen LogP contribution in [0, 0.1) is 0 Å². The van der Waals surface area contributed by atoms with Crippen molar-refractivity contribution in [2.45, 2.75) is 37.3 Å². The number of sulfonamides is 1. The zero-order valence-corrected chi connectivity index (χ0v) is 11.7. The molecule has 0 heterocycles. The van der Waals surface area contributed by atoms with Gasteiger partial charge in [-0.2, -0.15) is 4.31 Å². The highest BCUT2D eigenvalue weighted by Gasteiger charge is 2.36. The topological polar surface area (TPSA) is 57.6 Å². The Morgan fingerprint density at radius 3 is 2.61 bits per heavy atom. The summed E-state index contributed by atoms with van der Waals surface area (Å²) in [6.45, 7) is 2.03. The lowest BCUT2D eigenvalue weighted by Crippen LogP contribution is -2.32. The summed E-state index contributed by atoms with van der Waals surface area (Å²) in [6.07, 6.45) is 1.85. The monoisotopic (exact) mass is 289 g/mol. The number of hydrogen-bond acceptors (Lipinski definition) is 3. The molecule has 0 aromatic heterocycles. The van der Waals surface area contributed by atoms with Gasteiger partial charge in [-0.3, -0.25) is 0 Å². The molecule has 0 amide bonds. The number of rotatable bonds is 5. The van der Waals surface area contributed by atoms with Crippen LogP contribution in [0.5, 0.6) is 0 Å². The first kappa shape index (κ1) is 13.8. The van der Waals surface area contributed by atoms with Crippen molar-refractivity contribution in [2.75, 3.05) is 6.54 Å². The van der Waals surface area contributed by atoms with E-state index in [0.29, 0.717) is 17.1 Å². The summed E-state index contributed by atoms with van der Waals surface area (Å²) in [5.41, 5.74) is 0.435. The highest BCUT2D eigenvalue weighted by Crippen LogP contribution is 2.32. The molecule has 1 N–H and O–H groups in total. The van der Waals surface area contributed by atoms with E-state index in [9.17, 15) is 8.42 Å². The van der Waals surface area contributed by atoms with Gasteiger partial charge in [0.05, 0.1) is 11.5 Å². The lowest BCUT2D eigenvalue weighted by molar-refractivity contribution is 0.281. The van der Waals surface area contributed by atoms with Crippen LogP contribution in [0.2, 0.25) is 5.02 Å². The van der Waals surface area contributed by atoms with Gasteiger partial charge in [0.2, 0.25) is 10.0 Å². The zero-order chi connectivity index (χ0) is 13.3. The van der Waals surface area contributed by atoms with Gasteiger partial charge in [-0.25, -0.2) is 8.42 Å². The molecule has 100 valence electrons. The molecule has 1 aliphatic rings. The van der Waals surface area contributed by atoms with Crippen molar-refractivity contribution in [3.05, 3.63) is 28.8 Å². The second-order valence-corrected chi connectivity index (χ2v) is 6.65. The van der Waals surface area contributed by atoms with Crippen LogP contribution in [-0.2, 0) is 16.6 Å². The van der Waals surface area contributed by atoms with E-state index in [1.165, 1.54) is 22.5 Å². The Morgan fingerprint density at radius 1 is 1.44 bits per heavy atom. The van der Waals surface area contributed by atoms with Crippen molar-refractivity contribution in [1.82, 2.24) is 4.31 Å². The SMILES string of the molecule is CCN(C1CC1)S(=O)(=O)c1ccc(Cl)c(CO)c1. The fourth-order valence-electron chi connectivity index (χ4n) is 1.96. The minimum Gasteiger partial charge on any atom is -0.392 e. The minimum atomic E-state index is -3.47. The van der Waals surface area contributed by atoms with E-state index < -0.39 is 10.0 Å². The summed E-state index contributed by atoms with van der Waals surface area (Å²) < 4.78 is 26.4. The maximum absolute atomic E-state index is 12.4. The van der Waals surface area contributed by atoms with Crippen molar-refractivity contribution >= 4 is 21.6 Å². The Balaban J connectivity index is 2.40. The summed E-state index contributed by atoms with van der Waals surface area (Å²) in [5, 5.41) is 9.51. The Hall–Kier alpha value is -0.620. The Morgan fingerprint density at radius 2 is 2.11 bits per heavy atom. The lowest BCUT2D eigenvalue weighted by atomic mass is 10.2. The van der Waals surface area contributed by atoms with Crippen LogP contribution in [0.3, 0.4) is 0 Å². The molecule has 1 saturated carbocycles. The first-order valence-electron chi connectivity index (χ1n) is 5.91. The summed E-state index contributed by atoms with van der Waals surface area (Å²) in [5.74, 6) is 0. The van der Waals surface area contributed by atoms with Gasteiger partial charge in [0.25, 0.3) is 0 Å². The van der Waals surface area contributed by atoms with Crippen LogP contribution in [0.25, 0.3) is 0 Å². The molecule has 4 nitrogen and oxygen atoms in total. The summed E-state index contributed by atoms with van der Waals surface area (Å²) in [7, 11) is -3.47. The molecule has 1 aromatic carbocycles. The molecule has 0 aliphatic heterocycles. The van der Waals surface area contributed by atoms with Crippen molar-refractivity contribution < 1.29 is 13.5 Å².